The Hall–Kier alpha value is -1.88. The smallest absolute Gasteiger partial charge is 0.251 e. The number of nitrogens with zero attached hydrogens (tertiary/aromatic N) is 1. The van der Waals surface area contributed by atoms with Crippen LogP contribution < -0.4 is 11.1 Å². The summed E-state index contributed by atoms with van der Waals surface area (Å²) in [5.74, 6) is -0.0715. The molecule has 1 aliphatic rings. The standard InChI is InChI=1S/C18H27N3O2/c1-13(20-17(23)14-7-5-4-6-8-14)11-16(22)21-10-9-15(19)18(2,3)12-21/h4-8,13,15H,9-12,19H2,1-3H3,(H,20,23). The third-order valence-corrected chi connectivity index (χ3v) is 4.56. The van der Waals surface area contributed by atoms with Crippen molar-refractivity contribution in [2.45, 2.75) is 45.7 Å². The second-order valence-electron chi connectivity index (χ2n) is 7.14. The van der Waals surface area contributed by atoms with Crippen molar-refractivity contribution in [3.63, 3.8) is 0 Å². The van der Waals surface area contributed by atoms with Crippen LogP contribution in [0.1, 0.15) is 44.0 Å². The molecule has 1 saturated heterocycles. The van der Waals surface area contributed by atoms with Gasteiger partial charge in [-0.2, -0.15) is 0 Å². The third-order valence-electron chi connectivity index (χ3n) is 4.56. The van der Waals surface area contributed by atoms with Gasteiger partial charge in [-0.25, -0.2) is 0 Å². The molecule has 5 heteroatoms. The summed E-state index contributed by atoms with van der Waals surface area (Å²) in [5, 5.41) is 2.88. The van der Waals surface area contributed by atoms with Crippen LogP contribution in [0.2, 0.25) is 0 Å². The number of likely N-dealkylation sites (tertiary alicyclic amines) is 1. The Labute approximate surface area is 138 Å². The Morgan fingerprint density at radius 3 is 2.61 bits per heavy atom. The number of hydrogen-bond donors (Lipinski definition) is 2. The number of amides is 2. The SMILES string of the molecule is CC(CC(=O)N1CCC(N)C(C)(C)C1)NC(=O)c1ccccc1. The van der Waals surface area contributed by atoms with Gasteiger partial charge in [-0.15, -0.1) is 0 Å². The zero-order chi connectivity index (χ0) is 17.0. The van der Waals surface area contributed by atoms with E-state index in [0.717, 1.165) is 6.42 Å². The lowest BCUT2D eigenvalue weighted by atomic mass is 9.79. The number of benzene rings is 1. The van der Waals surface area contributed by atoms with Crippen molar-refractivity contribution in [2.75, 3.05) is 13.1 Å². The predicted octanol–water partition coefficient (Wildman–Crippen LogP) is 1.78. The summed E-state index contributed by atoms with van der Waals surface area (Å²) in [7, 11) is 0. The number of nitrogens with one attached hydrogen (secondary N) is 1. The summed E-state index contributed by atoms with van der Waals surface area (Å²) < 4.78 is 0. The van der Waals surface area contributed by atoms with Crippen LogP contribution in [-0.4, -0.2) is 41.9 Å². The molecule has 0 aliphatic carbocycles. The molecule has 1 aromatic rings. The average molecular weight is 317 g/mol. The van der Waals surface area contributed by atoms with E-state index in [9.17, 15) is 9.59 Å². The Morgan fingerprint density at radius 2 is 2.00 bits per heavy atom. The fraction of sp³-hybridized carbons (Fsp3) is 0.556. The van der Waals surface area contributed by atoms with Gasteiger partial charge in [0.25, 0.3) is 5.91 Å². The molecule has 2 unspecified atom stereocenters. The molecule has 2 rings (SSSR count). The van der Waals surface area contributed by atoms with Gasteiger partial charge < -0.3 is 16.0 Å². The zero-order valence-electron chi connectivity index (χ0n) is 14.2. The molecule has 0 radical (unpaired) electrons. The molecule has 1 aliphatic heterocycles. The Morgan fingerprint density at radius 1 is 1.35 bits per heavy atom. The maximum atomic E-state index is 12.5. The van der Waals surface area contributed by atoms with Crippen molar-refractivity contribution < 1.29 is 9.59 Å². The lowest BCUT2D eigenvalue weighted by Crippen LogP contribution is -2.54. The second-order valence-corrected chi connectivity index (χ2v) is 7.14. The van der Waals surface area contributed by atoms with Crippen LogP contribution in [0.3, 0.4) is 0 Å². The van der Waals surface area contributed by atoms with Crippen LogP contribution in [0.15, 0.2) is 30.3 Å². The van der Waals surface area contributed by atoms with E-state index in [-0.39, 0.29) is 29.3 Å². The number of carbonyl (C=O) groups is 2. The summed E-state index contributed by atoms with van der Waals surface area (Å²) >= 11 is 0. The van der Waals surface area contributed by atoms with Crippen molar-refractivity contribution in [3.8, 4) is 0 Å². The molecule has 2 atom stereocenters. The number of rotatable bonds is 4. The van der Waals surface area contributed by atoms with Crippen LogP contribution in [0.4, 0.5) is 0 Å². The van der Waals surface area contributed by atoms with Gasteiger partial charge in [0.05, 0.1) is 0 Å². The first-order valence-electron chi connectivity index (χ1n) is 8.19. The van der Waals surface area contributed by atoms with Crippen molar-refractivity contribution >= 4 is 11.8 Å². The minimum absolute atomic E-state index is 0.0650. The summed E-state index contributed by atoms with van der Waals surface area (Å²) in [6, 6.07) is 8.97. The van der Waals surface area contributed by atoms with Crippen LogP contribution in [0.25, 0.3) is 0 Å². The lowest BCUT2D eigenvalue weighted by molar-refractivity contribution is -0.135. The van der Waals surface area contributed by atoms with E-state index in [2.05, 4.69) is 19.2 Å². The second kappa shape index (κ2) is 7.13. The van der Waals surface area contributed by atoms with Crippen LogP contribution >= 0.6 is 0 Å². The maximum absolute atomic E-state index is 12.5. The van der Waals surface area contributed by atoms with Gasteiger partial charge in [0.1, 0.15) is 0 Å². The molecule has 1 aromatic carbocycles. The van der Waals surface area contributed by atoms with Gasteiger partial charge >= 0.3 is 0 Å². The highest BCUT2D eigenvalue weighted by Gasteiger charge is 2.35. The highest BCUT2D eigenvalue weighted by atomic mass is 16.2. The molecule has 0 spiro atoms. The normalized spacial score (nSPS) is 21.6. The van der Waals surface area contributed by atoms with Crippen LogP contribution in [0.5, 0.6) is 0 Å². The predicted molar refractivity (Wildman–Crippen MR) is 90.9 cm³/mol. The largest absolute Gasteiger partial charge is 0.349 e. The van der Waals surface area contributed by atoms with Gasteiger partial charge in [0, 0.05) is 37.2 Å². The maximum Gasteiger partial charge on any atom is 0.251 e. The van der Waals surface area contributed by atoms with Crippen molar-refractivity contribution in [1.29, 1.82) is 0 Å². The molecular weight excluding hydrogens is 290 g/mol. The van der Waals surface area contributed by atoms with E-state index >= 15 is 0 Å². The van der Waals surface area contributed by atoms with Gasteiger partial charge in [-0.05, 0) is 30.9 Å². The molecule has 0 aromatic heterocycles. The van der Waals surface area contributed by atoms with Gasteiger partial charge in [-0.3, -0.25) is 9.59 Å². The minimum atomic E-state index is -0.200. The molecule has 0 saturated carbocycles. The minimum Gasteiger partial charge on any atom is -0.349 e. The van der Waals surface area contributed by atoms with Crippen molar-refractivity contribution in [3.05, 3.63) is 35.9 Å². The van der Waals surface area contributed by atoms with Crippen molar-refractivity contribution in [2.24, 2.45) is 11.1 Å². The van der Waals surface area contributed by atoms with E-state index < -0.39 is 0 Å². The average Bonchev–Trinajstić information content (AvgIpc) is 2.50. The molecule has 1 fully saturated rings. The quantitative estimate of drug-likeness (QED) is 0.889. The Kier molecular flexibility index (Phi) is 5.42. The Bertz CT molecular complexity index is 557. The summed E-state index contributed by atoms with van der Waals surface area (Å²) in [6.45, 7) is 7.42. The lowest BCUT2D eigenvalue weighted by Gasteiger charge is -2.42. The fourth-order valence-electron chi connectivity index (χ4n) is 2.93. The molecule has 5 nitrogen and oxygen atoms in total. The molecule has 3 N–H and O–H groups in total. The summed E-state index contributed by atoms with van der Waals surface area (Å²) in [5.41, 5.74) is 6.65. The number of carbonyl (C=O) groups excluding carboxylic acids is 2. The zero-order valence-corrected chi connectivity index (χ0v) is 14.2. The number of nitrogens with two attached hydrogens (primary N) is 1. The highest BCUT2D eigenvalue weighted by Crippen LogP contribution is 2.28. The first kappa shape index (κ1) is 17.5. The topological polar surface area (TPSA) is 75.4 Å². The van der Waals surface area contributed by atoms with Crippen LogP contribution in [0, 0.1) is 5.41 Å². The molecular formula is C18H27N3O2. The van der Waals surface area contributed by atoms with Gasteiger partial charge in [-0.1, -0.05) is 32.0 Å². The van der Waals surface area contributed by atoms with Crippen molar-refractivity contribution in [1.82, 2.24) is 10.2 Å². The fourth-order valence-corrected chi connectivity index (χ4v) is 2.93. The van der Waals surface area contributed by atoms with E-state index in [4.69, 9.17) is 5.73 Å². The van der Waals surface area contributed by atoms with Crippen LogP contribution in [-0.2, 0) is 4.79 Å². The first-order chi connectivity index (χ1) is 10.8. The third kappa shape index (κ3) is 4.55. The summed E-state index contributed by atoms with van der Waals surface area (Å²) in [4.78, 5) is 26.4. The van der Waals surface area contributed by atoms with E-state index in [1.54, 1.807) is 12.1 Å². The highest BCUT2D eigenvalue weighted by molar-refractivity contribution is 5.94. The molecule has 0 bridgehead atoms. The van der Waals surface area contributed by atoms with E-state index in [0.29, 0.717) is 25.1 Å². The van der Waals surface area contributed by atoms with E-state index in [1.807, 2.05) is 30.0 Å². The summed E-state index contributed by atoms with van der Waals surface area (Å²) in [6.07, 6.45) is 1.13. The molecule has 1 heterocycles. The monoisotopic (exact) mass is 317 g/mol. The molecule has 126 valence electrons. The van der Waals surface area contributed by atoms with Gasteiger partial charge in [0.15, 0.2) is 0 Å². The van der Waals surface area contributed by atoms with Gasteiger partial charge in [0.2, 0.25) is 5.91 Å². The number of hydrogen-bond acceptors (Lipinski definition) is 3. The number of piperidine rings is 1. The molecule has 23 heavy (non-hydrogen) atoms. The first-order valence-corrected chi connectivity index (χ1v) is 8.19. The molecule has 2 amide bonds. The van der Waals surface area contributed by atoms with E-state index in [1.165, 1.54) is 0 Å². The Balaban J connectivity index is 1.86.